The SMILES string of the molecule is CC(=O)NCCNC(=O)C1CCCN1S(C)(=O)=O. The van der Waals surface area contributed by atoms with Crippen LogP contribution in [0.15, 0.2) is 0 Å². The lowest BCUT2D eigenvalue weighted by molar-refractivity contribution is -0.124. The third-order valence-corrected chi connectivity index (χ3v) is 4.02. The molecule has 0 aromatic heterocycles. The van der Waals surface area contributed by atoms with Gasteiger partial charge in [0.15, 0.2) is 0 Å². The Hall–Kier alpha value is -1.15. The Bertz CT molecular complexity index is 421. The summed E-state index contributed by atoms with van der Waals surface area (Å²) in [6.45, 7) is 2.42. The summed E-state index contributed by atoms with van der Waals surface area (Å²) in [6.07, 6.45) is 2.34. The van der Waals surface area contributed by atoms with Crippen LogP contribution in [0.2, 0.25) is 0 Å². The molecule has 2 amide bonds. The van der Waals surface area contributed by atoms with E-state index in [1.807, 2.05) is 0 Å². The average molecular weight is 277 g/mol. The normalized spacial score (nSPS) is 20.7. The molecule has 1 heterocycles. The first-order valence-corrected chi connectivity index (χ1v) is 7.66. The molecule has 0 aromatic rings. The van der Waals surface area contributed by atoms with Crippen LogP contribution < -0.4 is 10.6 Å². The molecule has 0 aliphatic carbocycles. The number of sulfonamides is 1. The van der Waals surface area contributed by atoms with Gasteiger partial charge >= 0.3 is 0 Å². The van der Waals surface area contributed by atoms with Crippen LogP contribution in [0.4, 0.5) is 0 Å². The van der Waals surface area contributed by atoms with E-state index in [-0.39, 0.29) is 11.8 Å². The topological polar surface area (TPSA) is 95.6 Å². The zero-order valence-corrected chi connectivity index (χ0v) is 11.4. The highest BCUT2D eigenvalue weighted by Gasteiger charge is 2.36. The highest BCUT2D eigenvalue weighted by atomic mass is 32.2. The Labute approximate surface area is 107 Å². The predicted molar refractivity (Wildman–Crippen MR) is 66.3 cm³/mol. The summed E-state index contributed by atoms with van der Waals surface area (Å²) in [5, 5.41) is 5.17. The van der Waals surface area contributed by atoms with E-state index >= 15 is 0 Å². The number of hydrogen-bond donors (Lipinski definition) is 2. The van der Waals surface area contributed by atoms with Crippen molar-refractivity contribution in [3.05, 3.63) is 0 Å². The van der Waals surface area contributed by atoms with Crippen LogP contribution in [0.1, 0.15) is 19.8 Å². The van der Waals surface area contributed by atoms with E-state index in [1.165, 1.54) is 11.2 Å². The first-order valence-electron chi connectivity index (χ1n) is 5.81. The first kappa shape index (κ1) is 14.9. The molecule has 104 valence electrons. The molecule has 1 unspecified atom stereocenters. The number of rotatable bonds is 5. The van der Waals surface area contributed by atoms with E-state index in [4.69, 9.17) is 0 Å². The maximum atomic E-state index is 11.8. The molecule has 0 spiro atoms. The number of amides is 2. The molecule has 0 saturated carbocycles. The maximum absolute atomic E-state index is 11.8. The summed E-state index contributed by atoms with van der Waals surface area (Å²) in [5.74, 6) is -0.467. The zero-order chi connectivity index (χ0) is 13.8. The van der Waals surface area contributed by atoms with Gasteiger partial charge < -0.3 is 10.6 Å². The minimum absolute atomic E-state index is 0.164. The Morgan fingerprint density at radius 2 is 1.89 bits per heavy atom. The molecule has 0 aromatic carbocycles. The van der Waals surface area contributed by atoms with Gasteiger partial charge in [-0.25, -0.2) is 8.42 Å². The van der Waals surface area contributed by atoms with Crippen LogP contribution in [0, 0.1) is 0 Å². The minimum Gasteiger partial charge on any atom is -0.355 e. The van der Waals surface area contributed by atoms with Crippen LogP contribution in [-0.2, 0) is 19.6 Å². The van der Waals surface area contributed by atoms with Crippen molar-refractivity contribution in [2.24, 2.45) is 0 Å². The average Bonchev–Trinajstić information content (AvgIpc) is 2.72. The molecular weight excluding hydrogens is 258 g/mol. The van der Waals surface area contributed by atoms with Crippen molar-refractivity contribution in [1.29, 1.82) is 0 Å². The molecule has 2 N–H and O–H groups in total. The summed E-state index contributed by atoms with van der Waals surface area (Å²) >= 11 is 0. The summed E-state index contributed by atoms with van der Waals surface area (Å²) in [6, 6.07) is -0.614. The van der Waals surface area contributed by atoms with Crippen LogP contribution in [-0.4, -0.2) is 56.5 Å². The number of nitrogens with zero attached hydrogens (tertiary/aromatic N) is 1. The predicted octanol–water partition coefficient (Wildman–Crippen LogP) is -1.34. The second-order valence-electron chi connectivity index (χ2n) is 4.31. The monoisotopic (exact) mass is 277 g/mol. The minimum atomic E-state index is -3.34. The maximum Gasteiger partial charge on any atom is 0.238 e. The zero-order valence-electron chi connectivity index (χ0n) is 10.6. The number of nitrogens with one attached hydrogen (secondary N) is 2. The van der Waals surface area contributed by atoms with Crippen LogP contribution >= 0.6 is 0 Å². The van der Waals surface area contributed by atoms with E-state index in [9.17, 15) is 18.0 Å². The summed E-state index contributed by atoms with van der Waals surface area (Å²) in [5.41, 5.74) is 0. The second kappa shape index (κ2) is 6.14. The van der Waals surface area contributed by atoms with E-state index in [2.05, 4.69) is 10.6 Å². The molecule has 1 saturated heterocycles. The van der Waals surface area contributed by atoms with Gasteiger partial charge in [-0.2, -0.15) is 4.31 Å². The molecule has 1 aliphatic rings. The molecule has 1 fully saturated rings. The van der Waals surface area contributed by atoms with E-state index in [1.54, 1.807) is 0 Å². The van der Waals surface area contributed by atoms with Crippen molar-refractivity contribution in [3.8, 4) is 0 Å². The van der Waals surface area contributed by atoms with Crippen molar-refractivity contribution >= 4 is 21.8 Å². The molecule has 1 aliphatic heterocycles. The van der Waals surface area contributed by atoms with Crippen LogP contribution in [0.5, 0.6) is 0 Å². The number of carbonyl (C=O) groups excluding carboxylic acids is 2. The number of hydrogen-bond acceptors (Lipinski definition) is 4. The third kappa shape index (κ3) is 4.26. The Morgan fingerprint density at radius 3 is 2.44 bits per heavy atom. The van der Waals surface area contributed by atoms with Crippen molar-refractivity contribution < 1.29 is 18.0 Å². The van der Waals surface area contributed by atoms with E-state index in [0.29, 0.717) is 32.5 Å². The molecule has 7 nitrogen and oxygen atoms in total. The van der Waals surface area contributed by atoms with Gasteiger partial charge in [0.2, 0.25) is 21.8 Å². The smallest absolute Gasteiger partial charge is 0.238 e. The van der Waals surface area contributed by atoms with Gasteiger partial charge in [-0.3, -0.25) is 9.59 Å². The summed E-state index contributed by atoms with van der Waals surface area (Å²) < 4.78 is 24.1. The Morgan fingerprint density at radius 1 is 1.28 bits per heavy atom. The fourth-order valence-corrected chi connectivity index (χ4v) is 3.07. The van der Waals surface area contributed by atoms with E-state index < -0.39 is 16.1 Å². The van der Waals surface area contributed by atoms with Gasteiger partial charge in [0, 0.05) is 26.6 Å². The second-order valence-corrected chi connectivity index (χ2v) is 6.24. The Kier molecular flexibility index (Phi) is 5.09. The van der Waals surface area contributed by atoms with Gasteiger partial charge in [0.05, 0.1) is 6.26 Å². The summed E-state index contributed by atoms with van der Waals surface area (Å²) in [7, 11) is -3.34. The van der Waals surface area contributed by atoms with Crippen molar-refractivity contribution in [2.75, 3.05) is 25.9 Å². The van der Waals surface area contributed by atoms with Gasteiger partial charge in [0.25, 0.3) is 0 Å². The molecule has 1 rings (SSSR count). The fraction of sp³-hybridized carbons (Fsp3) is 0.800. The lowest BCUT2D eigenvalue weighted by Gasteiger charge is -2.21. The highest BCUT2D eigenvalue weighted by Crippen LogP contribution is 2.20. The molecule has 1 atom stereocenters. The largest absolute Gasteiger partial charge is 0.355 e. The molecule has 0 bridgehead atoms. The lowest BCUT2D eigenvalue weighted by Crippen LogP contribution is -2.47. The van der Waals surface area contributed by atoms with Crippen molar-refractivity contribution in [3.63, 3.8) is 0 Å². The van der Waals surface area contributed by atoms with Gasteiger partial charge in [-0.05, 0) is 12.8 Å². The number of carbonyl (C=O) groups is 2. The van der Waals surface area contributed by atoms with Crippen LogP contribution in [0.25, 0.3) is 0 Å². The fourth-order valence-electron chi connectivity index (χ4n) is 1.94. The quantitative estimate of drug-likeness (QED) is 0.608. The van der Waals surface area contributed by atoms with Gasteiger partial charge in [-0.15, -0.1) is 0 Å². The summed E-state index contributed by atoms with van der Waals surface area (Å²) in [4.78, 5) is 22.4. The lowest BCUT2D eigenvalue weighted by atomic mass is 10.2. The molecule has 8 heteroatoms. The molecule has 0 radical (unpaired) electrons. The van der Waals surface area contributed by atoms with Gasteiger partial charge in [-0.1, -0.05) is 0 Å². The molecular formula is C10H19N3O4S. The van der Waals surface area contributed by atoms with Gasteiger partial charge in [0.1, 0.15) is 6.04 Å². The van der Waals surface area contributed by atoms with Crippen molar-refractivity contribution in [1.82, 2.24) is 14.9 Å². The van der Waals surface area contributed by atoms with E-state index in [0.717, 1.165) is 6.26 Å². The van der Waals surface area contributed by atoms with Crippen molar-refractivity contribution in [2.45, 2.75) is 25.8 Å². The first-order chi connectivity index (χ1) is 8.32. The molecule has 18 heavy (non-hydrogen) atoms. The standard InChI is InChI=1S/C10H19N3O4S/c1-8(14)11-5-6-12-10(15)9-4-3-7-13(9)18(2,16)17/h9H,3-7H2,1-2H3,(H,11,14)(H,12,15). The highest BCUT2D eigenvalue weighted by molar-refractivity contribution is 7.88. The van der Waals surface area contributed by atoms with Crippen LogP contribution in [0.3, 0.4) is 0 Å². The Balaban J connectivity index is 2.44. The third-order valence-electron chi connectivity index (χ3n) is 2.73.